The molecule has 1 fully saturated rings. The molecule has 1 aliphatic rings. The van der Waals surface area contributed by atoms with Crippen molar-refractivity contribution in [1.29, 1.82) is 0 Å². The van der Waals surface area contributed by atoms with E-state index in [1.165, 1.54) is 5.56 Å². The molecule has 2 heterocycles. The Bertz CT molecular complexity index is 699. The van der Waals surface area contributed by atoms with Crippen molar-refractivity contribution in [3.8, 4) is 5.69 Å². The number of hydrogen-bond donors (Lipinski definition) is 1. The number of carbonyl (C=O) groups is 1. The summed E-state index contributed by atoms with van der Waals surface area (Å²) in [7, 11) is 1.65. The molecule has 0 bridgehead atoms. The zero-order valence-corrected chi connectivity index (χ0v) is 15.6. The van der Waals surface area contributed by atoms with E-state index in [4.69, 9.17) is 4.74 Å². The van der Waals surface area contributed by atoms with Crippen LogP contribution in [0.1, 0.15) is 25.3 Å². The first-order chi connectivity index (χ1) is 12.6. The normalized spacial score (nSPS) is 20.8. The molecule has 6 nitrogen and oxygen atoms in total. The molecule has 0 aliphatic carbocycles. The maximum absolute atomic E-state index is 12.6. The predicted octanol–water partition coefficient (Wildman–Crippen LogP) is 2.24. The van der Waals surface area contributed by atoms with Crippen LogP contribution < -0.4 is 5.32 Å². The van der Waals surface area contributed by atoms with Gasteiger partial charge in [0.05, 0.1) is 18.3 Å². The van der Waals surface area contributed by atoms with Gasteiger partial charge in [0, 0.05) is 44.8 Å². The van der Waals surface area contributed by atoms with E-state index >= 15 is 0 Å². The van der Waals surface area contributed by atoms with Gasteiger partial charge < -0.3 is 14.6 Å². The molecular weight excluding hydrogens is 328 g/mol. The zero-order chi connectivity index (χ0) is 18.4. The van der Waals surface area contributed by atoms with Gasteiger partial charge >= 0.3 is 0 Å². The summed E-state index contributed by atoms with van der Waals surface area (Å²) < 4.78 is 7.01. The number of aromatic nitrogens is 2. The predicted molar refractivity (Wildman–Crippen MR) is 101 cm³/mol. The Kier molecular flexibility index (Phi) is 6.06. The molecule has 2 aromatic rings. The lowest BCUT2D eigenvalue weighted by atomic mass is 9.81. The summed E-state index contributed by atoms with van der Waals surface area (Å²) >= 11 is 0. The number of imidazole rings is 1. The Morgan fingerprint density at radius 3 is 2.85 bits per heavy atom. The lowest BCUT2D eigenvalue weighted by Crippen LogP contribution is -2.50. The van der Waals surface area contributed by atoms with Gasteiger partial charge in [-0.25, -0.2) is 4.98 Å². The van der Waals surface area contributed by atoms with Gasteiger partial charge in [-0.1, -0.05) is 12.1 Å². The van der Waals surface area contributed by atoms with E-state index < -0.39 is 0 Å². The number of amides is 1. The van der Waals surface area contributed by atoms with E-state index in [1.807, 2.05) is 10.8 Å². The minimum Gasteiger partial charge on any atom is -0.383 e. The standard InChI is InChI=1S/C20H28N4O2/c1-20(19(25)22-10-13-26-2)8-3-11-23(15-20)14-17-4-6-18(7-5-17)24-12-9-21-16-24/h4-7,9,12,16H,3,8,10-11,13-15H2,1-2H3,(H,22,25). The highest BCUT2D eigenvalue weighted by molar-refractivity contribution is 5.82. The van der Waals surface area contributed by atoms with Crippen LogP contribution in [-0.2, 0) is 16.1 Å². The molecule has 1 aliphatic heterocycles. The summed E-state index contributed by atoms with van der Waals surface area (Å²) in [4.78, 5) is 19.0. The fourth-order valence-corrected chi connectivity index (χ4v) is 3.59. The van der Waals surface area contributed by atoms with Crippen molar-refractivity contribution in [1.82, 2.24) is 19.8 Å². The number of hydrogen-bond acceptors (Lipinski definition) is 4. The summed E-state index contributed by atoms with van der Waals surface area (Å²) in [5.41, 5.74) is 2.04. The molecule has 140 valence electrons. The zero-order valence-electron chi connectivity index (χ0n) is 15.6. The maximum atomic E-state index is 12.6. The lowest BCUT2D eigenvalue weighted by Gasteiger charge is -2.39. The van der Waals surface area contributed by atoms with Crippen LogP contribution in [0.25, 0.3) is 5.69 Å². The number of carbonyl (C=O) groups excluding carboxylic acids is 1. The highest BCUT2D eigenvalue weighted by Gasteiger charge is 2.37. The number of rotatable bonds is 7. The molecule has 0 saturated carbocycles. The first-order valence-corrected chi connectivity index (χ1v) is 9.18. The van der Waals surface area contributed by atoms with Crippen LogP contribution in [0.5, 0.6) is 0 Å². The largest absolute Gasteiger partial charge is 0.383 e. The molecule has 3 rings (SSSR count). The third-order valence-electron chi connectivity index (χ3n) is 5.06. The molecular formula is C20H28N4O2. The Labute approximate surface area is 155 Å². The van der Waals surface area contributed by atoms with Gasteiger partial charge in [0.2, 0.25) is 5.91 Å². The highest BCUT2D eigenvalue weighted by atomic mass is 16.5. The second-order valence-corrected chi connectivity index (χ2v) is 7.26. The number of methoxy groups -OCH3 is 1. The minimum atomic E-state index is -0.331. The fraction of sp³-hybridized carbons (Fsp3) is 0.500. The van der Waals surface area contributed by atoms with Gasteiger partial charge in [0.1, 0.15) is 0 Å². The van der Waals surface area contributed by atoms with E-state index in [9.17, 15) is 4.79 Å². The van der Waals surface area contributed by atoms with Gasteiger partial charge in [-0.3, -0.25) is 9.69 Å². The Morgan fingerprint density at radius 1 is 1.35 bits per heavy atom. The molecule has 0 radical (unpaired) electrons. The van der Waals surface area contributed by atoms with Gasteiger partial charge in [0.15, 0.2) is 0 Å². The average Bonchev–Trinajstić information content (AvgIpc) is 3.17. The SMILES string of the molecule is COCCNC(=O)C1(C)CCCN(Cc2ccc(-n3ccnc3)cc2)C1. The van der Waals surface area contributed by atoms with Crippen molar-refractivity contribution in [3.63, 3.8) is 0 Å². The number of nitrogens with one attached hydrogen (secondary N) is 1. The van der Waals surface area contributed by atoms with Gasteiger partial charge in [-0.15, -0.1) is 0 Å². The minimum absolute atomic E-state index is 0.134. The Balaban J connectivity index is 1.58. The van der Waals surface area contributed by atoms with Crippen LogP contribution in [-0.4, -0.2) is 53.7 Å². The lowest BCUT2D eigenvalue weighted by molar-refractivity contribution is -0.133. The Hall–Kier alpha value is -2.18. The molecule has 1 N–H and O–H groups in total. The van der Waals surface area contributed by atoms with Crippen molar-refractivity contribution in [2.45, 2.75) is 26.3 Å². The first-order valence-electron chi connectivity index (χ1n) is 9.18. The molecule has 1 amide bonds. The van der Waals surface area contributed by atoms with Gasteiger partial charge in [0.25, 0.3) is 0 Å². The Morgan fingerprint density at radius 2 is 2.15 bits per heavy atom. The van der Waals surface area contributed by atoms with Crippen LogP contribution >= 0.6 is 0 Å². The third kappa shape index (κ3) is 4.51. The number of likely N-dealkylation sites (tertiary alicyclic amines) is 1. The van der Waals surface area contributed by atoms with Crippen molar-refractivity contribution in [2.24, 2.45) is 5.41 Å². The van der Waals surface area contributed by atoms with E-state index in [-0.39, 0.29) is 11.3 Å². The van der Waals surface area contributed by atoms with Crippen LogP contribution in [0.15, 0.2) is 43.0 Å². The number of nitrogens with zero attached hydrogens (tertiary/aromatic N) is 3. The second-order valence-electron chi connectivity index (χ2n) is 7.26. The molecule has 1 saturated heterocycles. The number of benzene rings is 1. The highest BCUT2D eigenvalue weighted by Crippen LogP contribution is 2.30. The molecule has 1 aromatic heterocycles. The van der Waals surface area contributed by atoms with Crippen molar-refractivity contribution < 1.29 is 9.53 Å². The molecule has 1 atom stereocenters. The second kappa shape index (κ2) is 8.47. The van der Waals surface area contributed by atoms with Crippen molar-refractivity contribution >= 4 is 5.91 Å². The molecule has 1 aromatic carbocycles. The van der Waals surface area contributed by atoms with Crippen LogP contribution in [0.3, 0.4) is 0 Å². The van der Waals surface area contributed by atoms with Gasteiger partial charge in [-0.2, -0.15) is 0 Å². The summed E-state index contributed by atoms with van der Waals surface area (Å²) in [5.74, 6) is 0.134. The summed E-state index contributed by atoms with van der Waals surface area (Å²) in [6.07, 6.45) is 7.49. The average molecular weight is 356 g/mol. The molecule has 0 spiro atoms. The monoisotopic (exact) mass is 356 g/mol. The first kappa shape index (κ1) is 18.6. The number of piperidine rings is 1. The summed E-state index contributed by atoms with van der Waals surface area (Å²) in [5, 5.41) is 3.00. The van der Waals surface area contributed by atoms with E-state index in [2.05, 4.69) is 46.4 Å². The van der Waals surface area contributed by atoms with E-state index in [0.717, 1.165) is 38.2 Å². The molecule has 6 heteroatoms. The summed E-state index contributed by atoms with van der Waals surface area (Å²) in [6.45, 7) is 5.88. The van der Waals surface area contributed by atoms with Crippen LogP contribution in [0, 0.1) is 5.41 Å². The molecule has 1 unspecified atom stereocenters. The van der Waals surface area contributed by atoms with E-state index in [1.54, 1.807) is 19.6 Å². The number of ether oxygens (including phenoxy) is 1. The topological polar surface area (TPSA) is 59.4 Å². The summed E-state index contributed by atoms with van der Waals surface area (Å²) in [6, 6.07) is 8.52. The quantitative estimate of drug-likeness (QED) is 0.773. The van der Waals surface area contributed by atoms with E-state index in [0.29, 0.717) is 13.2 Å². The smallest absolute Gasteiger partial charge is 0.227 e. The van der Waals surface area contributed by atoms with Crippen molar-refractivity contribution in [2.75, 3.05) is 33.4 Å². The fourth-order valence-electron chi connectivity index (χ4n) is 3.59. The van der Waals surface area contributed by atoms with Gasteiger partial charge in [-0.05, 0) is 44.0 Å². The molecule has 26 heavy (non-hydrogen) atoms. The van der Waals surface area contributed by atoms with Crippen LogP contribution in [0.4, 0.5) is 0 Å². The van der Waals surface area contributed by atoms with Crippen molar-refractivity contribution in [3.05, 3.63) is 48.5 Å². The third-order valence-corrected chi connectivity index (χ3v) is 5.06. The maximum Gasteiger partial charge on any atom is 0.227 e. The van der Waals surface area contributed by atoms with Crippen LogP contribution in [0.2, 0.25) is 0 Å².